The molecule has 0 saturated carbocycles. The summed E-state index contributed by atoms with van der Waals surface area (Å²) in [5, 5.41) is 0. The van der Waals surface area contributed by atoms with Crippen molar-refractivity contribution < 1.29 is 13.2 Å². The summed E-state index contributed by atoms with van der Waals surface area (Å²) in [5.74, 6) is 0. The smallest absolute Gasteiger partial charge is 0.368 e. The maximum Gasteiger partial charge on any atom is 0.389 e. The van der Waals surface area contributed by atoms with Gasteiger partial charge >= 0.3 is 6.18 Å². The predicted molar refractivity (Wildman–Crippen MR) is 81.7 cm³/mol. The Hall–Kier alpha value is -1.23. The van der Waals surface area contributed by atoms with E-state index < -0.39 is 18.1 Å². The van der Waals surface area contributed by atoms with Crippen LogP contribution in [0.25, 0.3) is 0 Å². The third kappa shape index (κ3) is 4.92. The van der Waals surface area contributed by atoms with E-state index in [1.54, 1.807) is 0 Å². The van der Waals surface area contributed by atoms with Gasteiger partial charge in [-0.2, -0.15) is 13.2 Å². The van der Waals surface area contributed by atoms with E-state index in [4.69, 9.17) is 5.73 Å². The highest BCUT2D eigenvalue weighted by atomic mass is 19.4. The van der Waals surface area contributed by atoms with E-state index in [-0.39, 0.29) is 6.42 Å². The number of anilines is 1. The molecule has 0 amide bonds. The van der Waals surface area contributed by atoms with Gasteiger partial charge in [-0.25, -0.2) is 0 Å². The molecule has 0 aliphatic heterocycles. The fourth-order valence-corrected chi connectivity index (χ4v) is 2.55. The highest BCUT2D eigenvalue weighted by Gasteiger charge is 2.32. The lowest BCUT2D eigenvalue weighted by Crippen LogP contribution is -2.50. The van der Waals surface area contributed by atoms with Gasteiger partial charge in [0, 0.05) is 31.2 Å². The number of halogens is 3. The van der Waals surface area contributed by atoms with Gasteiger partial charge in [0.25, 0.3) is 0 Å². The first kappa shape index (κ1) is 17.8. The van der Waals surface area contributed by atoms with Gasteiger partial charge in [-0.05, 0) is 45.2 Å². The van der Waals surface area contributed by atoms with Crippen LogP contribution in [0.5, 0.6) is 0 Å². The average Bonchev–Trinajstić information content (AvgIpc) is 2.36. The second-order valence-corrected chi connectivity index (χ2v) is 6.02. The number of nitrogens with two attached hydrogens (primary N) is 1. The molecule has 1 aromatic carbocycles. The summed E-state index contributed by atoms with van der Waals surface area (Å²) in [6.45, 7) is 6.26. The molecular formula is C16H25F3N2. The topological polar surface area (TPSA) is 29.3 Å². The van der Waals surface area contributed by atoms with Crippen molar-refractivity contribution in [1.82, 2.24) is 0 Å². The number of nitrogens with zero attached hydrogens (tertiary/aromatic N) is 1. The van der Waals surface area contributed by atoms with Crippen LogP contribution in [0.4, 0.5) is 18.9 Å². The van der Waals surface area contributed by atoms with E-state index in [9.17, 15) is 13.2 Å². The zero-order chi connectivity index (χ0) is 16.3. The Morgan fingerprint density at radius 1 is 1.14 bits per heavy atom. The minimum atomic E-state index is -4.10. The predicted octanol–water partition coefficient (Wildman–Crippen LogP) is 4.19. The molecule has 0 bridgehead atoms. The van der Waals surface area contributed by atoms with E-state index >= 15 is 0 Å². The van der Waals surface area contributed by atoms with E-state index in [1.165, 1.54) is 0 Å². The Labute approximate surface area is 125 Å². The lowest BCUT2D eigenvalue weighted by molar-refractivity contribution is -0.136. The van der Waals surface area contributed by atoms with Crippen LogP contribution in [-0.4, -0.2) is 25.3 Å². The monoisotopic (exact) mass is 302 g/mol. The molecule has 0 aliphatic rings. The molecule has 0 saturated heterocycles. The molecule has 0 radical (unpaired) electrons. The van der Waals surface area contributed by atoms with Gasteiger partial charge in [0.2, 0.25) is 0 Å². The van der Waals surface area contributed by atoms with E-state index in [0.717, 1.165) is 16.8 Å². The SMILES string of the molecule is Cc1ccc(N(C)C(C)(CN)CCCC(F)(F)F)c(C)c1. The molecular weight excluding hydrogens is 277 g/mol. The van der Waals surface area contributed by atoms with Crippen molar-refractivity contribution >= 4 is 5.69 Å². The highest BCUT2D eigenvalue weighted by Crippen LogP contribution is 2.31. The Balaban J connectivity index is 2.86. The number of aryl methyl sites for hydroxylation is 2. The Morgan fingerprint density at radius 2 is 1.76 bits per heavy atom. The molecule has 1 atom stereocenters. The van der Waals surface area contributed by atoms with Crippen molar-refractivity contribution in [3.05, 3.63) is 29.3 Å². The van der Waals surface area contributed by atoms with Gasteiger partial charge in [-0.3, -0.25) is 0 Å². The summed E-state index contributed by atoms with van der Waals surface area (Å²) >= 11 is 0. The molecule has 2 N–H and O–H groups in total. The third-order valence-electron chi connectivity index (χ3n) is 4.14. The van der Waals surface area contributed by atoms with Gasteiger partial charge < -0.3 is 10.6 Å². The minimum absolute atomic E-state index is 0.0897. The summed E-state index contributed by atoms with van der Waals surface area (Å²) in [6.07, 6.45) is -4.36. The number of rotatable bonds is 6. The fourth-order valence-electron chi connectivity index (χ4n) is 2.55. The van der Waals surface area contributed by atoms with E-state index in [2.05, 4.69) is 6.07 Å². The molecule has 0 heterocycles. The first-order valence-electron chi connectivity index (χ1n) is 7.17. The van der Waals surface area contributed by atoms with Gasteiger partial charge in [-0.1, -0.05) is 17.7 Å². The number of hydrogen-bond acceptors (Lipinski definition) is 2. The van der Waals surface area contributed by atoms with Crippen LogP contribution < -0.4 is 10.6 Å². The van der Waals surface area contributed by atoms with Crippen molar-refractivity contribution in [2.24, 2.45) is 5.73 Å². The van der Waals surface area contributed by atoms with Crippen molar-refractivity contribution in [1.29, 1.82) is 0 Å². The van der Waals surface area contributed by atoms with Crippen LogP contribution >= 0.6 is 0 Å². The van der Waals surface area contributed by atoms with Gasteiger partial charge in [0.15, 0.2) is 0 Å². The Morgan fingerprint density at radius 3 is 2.24 bits per heavy atom. The molecule has 5 heteroatoms. The maximum absolute atomic E-state index is 12.3. The normalized spacial score (nSPS) is 14.9. The minimum Gasteiger partial charge on any atom is -0.368 e. The third-order valence-corrected chi connectivity index (χ3v) is 4.14. The zero-order valence-corrected chi connectivity index (χ0v) is 13.2. The quantitative estimate of drug-likeness (QED) is 0.853. The zero-order valence-electron chi connectivity index (χ0n) is 13.2. The van der Waals surface area contributed by atoms with Crippen LogP contribution in [0.1, 0.15) is 37.3 Å². The Bertz CT molecular complexity index is 471. The van der Waals surface area contributed by atoms with Gasteiger partial charge in [0.1, 0.15) is 0 Å². The molecule has 21 heavy (non-hydrogen) atoms. The summed E-state index contributed by atoms with van der Waals surface area (Å²) in [7, 11) is 1.90. The molecule has 0 fully saturated rings. The largest absolute Gasteiger partial charge is 0.389 e. The van der Waals surface area contributed by atoms with Crippen LogP contribution in [-0.2, 0) is 0 Å². The van der Waals surface area contributed by atoms with Crippen LogP contribution in [0.15, 0.2) is 18.2 Å². The standard InChI is InChI=1S/C16H25F3N2/c1-12-6-7-14(13(2)10-12)21(4)15(3,11-20)8-5-9-16(17,18)19/h6-7,10H,5,8-9,11,20H2,1-4H3. The van der Waals surface area contributed by atoms with Crippen molar-refractivity contribution in [2.75, 3.05) is 18.5 Å². The molecule has 0 spiro atoms. The first-order chi connectivity index (χ1) is 9.59. The summed E-state index contributed by atoms with van der Waals surface area (Å²) in [5.41, 5.74) is 8.65. The van der Waals surface area contributed by atoms with Crippen molar-refractivity contribution in [3.8, 4) is 0 Å². The lowest BCUT2D eigenvalue weighted by atomic mass is 9.91. The molecule has 1 unspecified atom stereocenters. The molecule has 1 aromatic rings. The van der Waals surface area contributed by atoms with Crippen molar-refractivity contribution in [2.45, 2.75) is 51.7 Å². The summed E-state index contributed by atoms with van der Waals surface area (Å²) < 4.78 is 37.0. The van der Waals surface area contributed by atoms with E-state index in [1.807, 2.05) is 44.9 Å². The number of hydrogen-bond donors (Lipinski definition) is 1. The van der Waals surface area contributed by atoms with Gasteiger partial charge in [0.05, 0.1) is 0 Å². The van der Waals surface area contributed by atoms with Gasteiger partial charge in [-0.15, -0.1) is 0 Å². The summed E-state index contributed by atoms with van der Waals surface area (Å²) in [6, 6.07) is 6.08. The second kappa shape index (κ2) is 6.69. The molecule has 0 aromatic heterocycles. The van der Waals surface area contributed by atoms with Crippen LogP contribution in [0, 0.1) is 13.8 Å². The maximum atomic E-state index is 12.3. The average molecular weight is 302 g/mol. The number of alkyl halides is 3. The molecule has 1 rings (SSSR count). The van der Waals surface area contributed by atoms with E-state index in [0.29, 0.717) is 13.0 Å². The fraction of sp³-hybridized carbons (Fsp3) is 0.625. The molecule has 0 aliphatic carbocycles. The Kier molecular flexibility index (Phi) is 5.68. The van der Waals surface area contributed by atoms with Crippen molar-refractivity contribution in [3.63, 3.8) is 0 Å². The molecule has 120 valence electrons. The summed E-state index contributed by atoms with van der Waals surface area (Å²) in [4.78, 5) is 2.01. The first-order valence-corrected chi connectivity index (χ1v) is 7.17. The lowest BCUT2D eigenvalue weighted by Gasteiger charge is -2.41. The second-order valence-electron chi connectivity index (χ2n) is 6.02. The number of likely N-dealkylation sites (N-methyl/N-ethyl adjacent to an activating group) is 1. The highest BCUT2D eigenvalue weighted by molar-refractivity contribution is 5.55. The van der Waals surface area contributed by atoms with Crippen LogP contribution in [0.2, 0.25) is 0 Å². The molecule has 2 nitrogen and oxygen atoms in total. The van der Waals surface area contributed by atoms with Crippen LogP contribution in [0.3, 0.4) is 0 Å². The number of benzene rings is 1.